The molecule has 1 aromatic carbocycles. The molecule has 0 bridgehead atoms. The lowest BCUT2D eigenvalue weighted by atomic mass is 10.3. The number of benzene rings is 1. The van der Waals surface area contributed by atoms with Gasteiger partial charge in [-0.3, -0.25) is 0 Å². The van der Waals surface area contributed by atoms with Crippen molar-refractivity contribution in [1.82, 2.24) is 29.7 Å². The highest BCUT2D eigenvalue weighted by atomic mass is 19.1. The number of rotatable bonds is 4. The van der Waals surface area contributed by atoms with E-state index in [0.717, 1.165) is 17.2 Å². The molecule has 0 aliphatic heterocycles. The minimum absolute atomic E-state index is 0.285. The standard InChI is InChI=1S/C17H16FN7/c1-24-8-7-19-17(24)13-5-6-16(23-22-13)25(2)10-15-20-12-4-3-11(18)9-14(12)21-15/h3-9H,10H2,1-2H3,(H,20,21). The molecular formula is C17H16FN7. The molecule has 0 fully saturated rings. The second-order valence-corrected chi connectivity index (χ2v) is 5.84. The van der Waals surface area contributed by atoms with Gasteiger partial charge in [-0.2, -0.15) is 0 Å². The minimum Gasteiger partial charge on any atom is -0.351 e. The summed E-state index contributed by atoms with van der Waals surface area (Å²) in [6.45, 7) is 0.507. The number of aromatic amines is 1. The maximum Gasteiger partial charge on any atom is 0.160 e. The third-order valence-electron chi connectivity index (χ3n) is 3.97. The van der Waals surface area contributed by atoms with E-state index in [0.29, 0.717) is 23.6 Å². The molecular weight excluding hydrogens is 321 g/mol. The number of hydrogen-bond acceptors (Lipinski definition) is 5. The minimum atomic E-state index is -0.285. The maximum atomic E-state index is 13.3. The Balaban J connectivity index is 1.53. The second-order valence-electron chi connectivity index (χ2n) is 5.84. The van der Waals surface area contributed by atoms with Gasteiger partial charge in [-0.05, 0) is 30.3 Å². The summed E-state index contributed by atoms with van der Waals surface area (Å²) >= 11 is 0. The first-order valence-corrected chi connectivity index (χ1v) is 7.77. The van der Waals surface area contributed by atoms with Crippen LogP contribution >= 0.6 is 0 Å². The summed E-state index contributed by atoms with van der Waals surface area (Å²) in [5.74, 6) is 1.93. The first-order chi connectivity index (χ1) is 12.1. The van der Waals surface area contributed by atoms with Crippen LogP contribution in [0.1, 0.15) is 5.82 Å². The number of nitrogens with one attached hydrogen (secondary N) is 1. The van der Waals surface area contributed by atoms with Crippen molar-refractivity contribution in [1.29, 1.82) is 0 Å². The van der Waals surface area contributed by atoms with Gasteiger partial charge in [0.25, 0.3) is 0 Å². The first kappa shape index (κ1) is 15.3. The van der Waals surface area contributed by atoms with Gasteiger partial charge in [-0.25, -0.2) is 14.4 Å². The van der Waals surface area contributed by atoms with E-state index in [2.05, 4.69) is 25.1 Å². The number of aromatic nitrogens is 6. The maximum absolute atomic E-state index is 13.3. The van der Waals surface area contributed by atoms with Gasteiger partial charge in [-0.1, -0.05) is 0 Å². The molecule has 3 heterocycles. The SMILES string of the molecule is CN(Cc1nc2ccc(F)cc2[nH]1)c1ccc(-c2nccn2C)nn1. The van der Waals surface area contributed by atoms with Crippen molar-refractivity contribution in [3.8, 4) is 11.5 Å². The zero-order valence-electron chi connectivity index (χ0n) is 13.8. The molecule has 0 atom stereocenters. The lowest BCUT2D eigenvalue weighted by molar-refractivity contribution is 0.629. The van der Waals surface area contributed by atoms with E-state index in [1.807, 2.05) is 41.9 Å². The Bertz CT molecular complexity index is 1020. The number of hydrogen-bond donors (Lipinski definition) is 1. The van der Waals surface area contributed by atoms with E-state index in [1.165, 1.54) is 12.1 Å². The van der Waals surface area contributed by atoms with Crippen LogP contribution in [0, 0.1) is 5.82 Å². The summed E-state index contributed by atoms with van der Waals surface area (Å²) in [4.78, 5) is 13.8. The van der Waals surface area contributed by atoms with Crippen molar-refractivity contribution in [2.75, 3.05) is 11.9 Å². The largest absolute Gasteiger partial charge is 0.351 e. The van der Waals surface area contributed by atoms with Crippen LogP contribution in [0.5, 0.6) is 0 Å². The Labute approximate surface area is 143 Å². The third-order valence-corrected chi connectivity index (χ3v) is 3.97. The summed E-state index contributed by atoms with van der Waals surface area (Å²) in [5.41, 5.74) is 2.13. The van der Waals surface area contributed by atoms with E-state index in [1.54, 1.807) is 12.3 Å². The van der Waals surface area contributed by atoms with Gasteiger partial charge < -0.3 is 14.5 Å². The molecule has 8 heteroatoms. The Hall–Kier alpha value is -3.29. The van der Waals surface area contributed by atoms with E-state index >= 15 is 0 Å². The highest BCUT2D eigenvalue weighted by Crippen LogP contribution is 2.18. The van der Waals surface area contributed by atoms with E-state index in [-0.39, 0.29) is 5.82 Å². The molecule has 1 N–H and O–H groups in total. The van der Waals surface area contributed by atoms with Gasteiger partial charge in [0.1, 0.15) is 17.3 Å². The lowest BCUT2D eigenvalue weighted by Gasteiger charge is -2.16. The number of H-pyrrole nitrogens is 1. The number of aryl methyl sites for hydroxylation is 1. The van der Waals surface area contributed by atoms with Crippen molar-refractivity contribution >= 4 is 16.9 Å². The van der Waals surface area contributed by atoms with Gasteiger partial charge in [0.2, 0.25) is 0 Å². The fourth-order valence-electron chi connectivity index (χ4n) is 2.68. The Kier molecular flexibility index (Phi) is 3.64. The van der Waals surface area contributed by atoms with E-state index < -0.39 is 0 Å². The predicted molar refractivity (Wildman–Crippen MR) is 92.4 cm³/mol. The molecule has 0 radical (unpaired) electrons. The Morgan fingerprint density at radius 2 is 2.08 bits per heavy atom. The van der Waals surface area contributed by atoms with Crippen molar-refractivity contribution in [2.45, 2.75) is 6.54 Å². The molecule has 7 nitrogen and oxygen atoms in total. The molecule has 4 aromatic rings. The summed E-state index contributed by atoms with van der Waals surface area (Å²) in [6.07, 6.45) is 3.59. The van der Waals surface area contributed by atoms with Gasteiger partial charge >= 0.3 is 0 Å². The van der Waals surface area contributed by atoms with Gasteiger partial charge in [0.05, 0.1) is 17.6 Å². The van der Waals surface area contributed by atoms with Crippen LogP contribution in [0.2, 0.25) is 0 Å². The fourth-order valence-corrected chi connectivity index (χ4v) is 2.68. The van der Waals surface area contributed by atoms with Crippen LogP contribution in [-0.4, -0.2) is 36.8 Å². The Morgan fingerprint density at radius 1 is 1.20 bits per heavy atom. The van der Waals surface area contributed by atoms with E-state index in [4.69, 9.17) is 0 Å². The van der Waals surface area contributed by atoms with Crippen molar-refractivity contribution < 1.29 is 4.39 Å². The van der Waals surface area contributed by atoms with Crippen molar-refractivity contribution in [3.05, 3.63) is 54.4 Å². The zero-order chi connectivity index (χ0) is 17.4. The van der Waals surface area contributed by atoms with Crippen molar-refractivity contribution in [2.24, 2.45) is 7.05 Å². The molecule has 126 valence electrons. The molecule has 3 aromatic heterocycles. The summed E-state index contributed by atoms with van der Waals surface area (Å²) < 4.78 is 15.2. The molecule has 0 amide bonds. The first-order valence-electron chi connectivity index (χ1n) is 7.77. The molecule has 4 rings (SSSR count). The monoisotopic (exact) mass is 337 g/mol. The summed E-state index contributed by atoms with van der Waals surface area (Å²) in [5, 5.41) is 8.50. The van der Waals surface area contributed by atoms with Crippen molar-refractivity contribution in [3.63, 3.8) is 0 Å². The van der Waals surface area contributed by atoms with Crippen LogP contribution in [-0.2, 0) is 13.6 Å². The topological polar surface area (TPSA) is 75.5 Å². The molecule has 0 aliphatic carbocycles. The zero-order valence-corrected chi connectivity index (χ0v) is 13.8. The average Bonchev–Trinajstić information content (AvgIpc) is 3.20. The summed E-state index contributed by atoms with van der Waals surface area (Å²) in [7, 11) is 3.81. The molecule has 0 unspecified atom stereocenters. The lowest BCUT2D eigenvalue weighted by Crippen LogP contribution is -2.19. The number of imidazole rings is 2. The highest BCUT2D eigenvalue weighted by molar-refractivity contribution is 5.75. The fraction of sp³-hybridized carbons (Fsp3) is 0.176. The number of fused-ring (bicyclic) bond motifs is 1. The van der Waals surface area contributed by atoms with Crippen LogP contribution in [0.25, 0.3) is 22.6 Å². The smallest absolute Gasteiger partial charge is 0.160 e. The molecule has 0 saturated carbocycles. The van der Waals surface area contributed by atoms with Crippen LogP contribution in [0.3, 0.4) is 0 Å². The third kappa shape index (κ3) is 2.93. The van der Waals surface area contributed by atoms with Gasteiger partial charge in [-0.15, -0.1) is 10.2 Å². The normalized spacial score (nSPS) is 11.2. The van der Waals surface area contributed by atoms with Gasteiger partial charge in [0.15, 0.2) is 11.6 Å². The van der Waals surface area contributed by atoms with Crippen LogP contribution in [0.4, 0.5) is 10.2 Å². The number of anilines is 1. The Morgan fingerprint density at radius 3 is 2.80 bits per heavy atom. The van der Waals surface area contributed by atoms with Crippen LogP contribution in [0.15, 0.2) is 42.7 Å². The molecule has 0 spiro atoms. The number of halogens is 1. The quantitative estimate of drug-likeness (QED) is 0.619. The molecule has 0 aliphatic rings. The molecule has 25 heavy (non-hydrogen) atoms. The van der Waals surface area contributed by atoms with E-state index in [9.17, 15) is 4.39 Å². The molecule has 0 saturated heterocycles. The number of nitrogens with zero attached hydrogens (tertiary/aromatic N) is 6. The highest BCUT2D eigenvalue weighted by Gasteiger charge is 2.11. The van der Waals surface area contributed by atoms with Gasteiger partial charge in [0, 0.05) is 26.5 Å². The second kappa shape index (κ2) is 5.97. The summed E-state index contributed by atoms with van der Waals surface area (Å²) in [6, 6.07) is 8.27. The average molecular weight is 337 g/mol. The predicted octanol–water partition coefficient (Wildman–Crippen LogP) is 2.53. The van der Waals surface area contributed by atoms with Crippen LogP contribution < -0.4 is 4.90 Å².